The number of hydrogen-bond acceptors (Lipinski definition) is 12. The van der Waals surface area contributed by atoms with Crippen molar-refractivity contribution < 1.29 is 42.4 Å². The highest BCUT2D eigenvalue weighted by molar-refractivity contribution is 5.34. The van der Waals surface area contributed by atoms with Crippen molar-refractivity contribution in [3.05, 3.63) is 460 Å². The number of hydrogen-bond donors (Lipinski definition) is 1. The Balaban J connectivity index is 0.000000529. The summed E-state index contributed by atoms with van der Waals surface area (Å²) in [5.41, 5.74) is 17.1. The molecule has 0 aliphatic heterocycles. The van der Waals surface area contributed by atoms with Gasteiger partial charge >= 0.3 is 0 Å². The Morgan fingerprint density at radius 1 is 0.275 bits per heavy atom. The quantitative estimate of drug-likeness (QED) is 0.0419. The topological polar surface area (TPSA) is 95.6 Å². The van der Waals surface area contributed by atoms with E-state index in [-0.39, 0.29) is 0 Å². The summed E-state index contributed by atoms with van der Waals surface area (Å²) in [5, 5.41) is 2.93. The largest absolute Gasteiger partial charge is 0.489 e. The van der Waals surface area contributed by atoms with Gasteiger partial charge in [-0.1, -0.05) is 398 Å². The molecule has 14 aromatic carbocycles. The number of benzene rings is 14. The highest BCUT2D eigenvalue weighted by atomic mass is 16.5. The lowest BCUT2D eigenvalue weighted by Gasteiger charge is -2.20. The van der Waals surface area contributed by atoms with Gasteiger partial charge in [-0.05, 0) is 273 Å². The molecule has 0 unspecified atom stereocenters. The Kier molecular flexibility index (Phi) is 72.5. The number of rotatable bonds is 31. The Hall–Kier alpha value is -12.6. The van der Waals surface area contributed by atoms with E-state index < -0.39 is 0 Å². The van der Waals surface area contributed by atoms with Gasteiger partial charge in [-0.25, -0.2) is 0 Å². The van der Waals surface area contributed by atoms with Gasteiger partial charge in [0.15, 0.2) is 0 Å². The van der Waals surface area contributed by atoms with E-state index in [4.69, 9.17) is 33.2 Å². The minimum Gasteiger partial charge on any atom is -0.489 e. The van der Waals surface area contributed by atoms with E-state index in [0.29, 0.717) is 46.2 Å². The van der Waals surface area contributed by atoms with Crippen LogP contribution in [0.3, 0.4) is 0 Å². The van der Waals surface area contributed by atoms with Crippen LogP contribution in [0.25, 0.3) is 0 Å². The van der Waals surface area contributed by atoms with Crippen LogP contribution >= 0.6 is 0 Å². The molecule has 1 aliphatic rings. The predicted molar refractivity (Wildman–Crippen MR) is 609 cm³/mol. The fourth-order valence-electron chi connectivity index (χ4n) is 11.0. The van der Waals surface area contributed by atoms with E-state index in [9.17, 15) is 0 Å². The molecule has 1 aliphatic carbocycles. The number of aryl methyl sites for hydroxylation is 7. The molecule has 0 amide bonds. The number of methoxy groups -OCH3 is 1. The molecule has 0 aromatic heterocycles. The van der Waals surface area contributed by atoms with Crippen molar-refractivity contribution in [2.24, 2.45) is 0 Å². The molecule has 0 atom stereocenters. The average Bonchev–Trinajstić information content (AvgIpc) is 1.79. The maximum absolute atomic E-state index is 5.65. The summed E-state index contributed by atoms with van der Waals surface area (Å²) in [6.45, 7) is 46.0. The van der Waals surface area contributed by atoms with E-state index >= 15 is 0 Å². The fraction of sp³-hybridized carbons (Fsp3) is 0.349. The second kappa shape index (κ2) is 82.1. The van der Waals surface area contributed by atoms with Gasteiger partial charge in [-0.15, -0.1) is 0 Å². The average molecular weight is 1930 g/mol. The van der Waals surface area contributed by atoms with E-state index in [2.05, 4.69) is 348 Å². The third kappa shape index (κ3) is 70.1. The smallest absolute Gasteiger partial charge is 0.119 e. The highest BCUT2D eigenvalue weighted by Gasteiger charge is 2.24. The van der Waals surface area contributed by atoms with Crippen LogP contribution in [0.5, 0.6) is 40.2 Å². The van der Waals surface area contributed by atoms with Crippen molar-refractivity contribution in [3.63, 3.8) is 0 Å². The van der Waals surface area contributed by atoms with Gasteiger partial charge in [0.2, 0.25) is 0 Å². The molecule has 766 valence electrons. The summed E-state index contributed by atoms with van der Waals surface area (Å²) in [5.74, 6) is 6.45. The van der Waals surface area contributed by atoms with Crippen molar-refractivity contribution in [2.45, 2.75) is 195 Å². The molecule has 0 spiro atoms. The van der Waals surface area contributed by atoms with E-state index in [1.165, 1.54) is 136 Å². The van der Waals surface area contributed by atoms with Gasteiger partial charge in [0, 0.05) is 19.8 Å². The molecule has 1 N–H and O–H groups in total. The first-order valence-corrected chi connectivity index (χ1v) is 50.7. The van der Waals surface area contributed by atoms with E-state index in [1.54, 1.807) is 7.11 Å². The van der Waals surface area contributed by atoms with Crippen molar-refractivity contribution >= 4 is 0 Å². The van der Waals surface area contributed by atoms with Crippen LogP contribution in [0.2, 0.25) is 0 Å². The molecule has 14 aromatic rings. The molecule has 13 nitrogen and oxygen atoms in total. The summed E-state index contributed by atoms with van der Waals surface area (Å²) < 4.78 is 45.1. The van der Waals surface area contributed by atoms with Crippen LogP contribution in [-0.2, 0) is 51.0 Å². The molecule has 0 bridgehead atoms. The second-order valence-electron chi connectivity index (χ2n) is 35.7. The Bertz CT molecular complexity index is 4290. The summed E-state index contributed by atoms with van der Waals surface area (Å²) >= 11 is 0. The molecule has 142 heavy (non-hydrogen) atoms. The molecule has 1 saturated carbocycles. The van der Waals surface area contributed by atoms with Gasteiger partial charge in [0.1, 0.15) is 86.5 Å². The Labute approximate surface area is 861 Å². The summed E-state index contributed by atoms with van der Waals surface area (Å²) in [6, 6.07) is 129. The van der Waals surface area contributed by atoms with E-state index in [0.717, 1.165) is 70.5 Å². The van der Waals surface area contributed by atoms with Gasteiger partial charge in [-0.2, -0.15) is 0 Å². The minimum atomic E-state index is 0.629. The van der Waals surface area contributed by atoms with E-state index in [1.807, 2.05) is 226 Å². The Morgan fingerprint density at radius 2 is 0.437 bits per heavy atom. The second-order valence-corrected chi connectivity index (χ2v) is 35.7. The van der Waals surface area contributed by atoms with Crippen molar-refractivity contribution in [1.82, 2.24) is 20.0 Å². The molecule has 15 rings (SSSR count). The Morgan fingerprint density at radius 3 is 0.535 bits per heavy atom. The first-order valence-electron chi connectivity index (χ1n) is 50.7. The van der Waals surface area contributed by atoms with Gasteiger partial charge in [-0.3, -0.25) is 0 Å². The maximum Gasteiger partial charge on any atom is 0.119 e. The normalized spacial score (nSPS) is 10.4. The number of nitrogens with zero attached hydrogens (tertiary/aromatic N) is 4. The van der Waals surface area contributed by atoms with Crippen LogP contribution in [0.4, 0.5) is 0 Å². The zero-order valence-electron chi connectivity index (χ0n) is 91.4. The third-order valence-corrected chi connectivity index (χ3v) is 21.2. The monoisotopic (exact) mass is 1930 g/mol. The molecule has 1 fully saturated rings. The van der Waals surface area contributed by atoms with Gasteiger partial charge in [0.25, 0.3) is 0 Å². The summed E-state index contributed by atoms with van der Waals surface area (Å²) in [4.78, 5) is 6.86. The molecule has 13 heteroatoms. The molecular formula is C129H178N5O8+. The molecular weight excluding hydrogens is 1750 g/mol. The molecule has 0 radical (unpaired) electrons. The lowest BCUT2D eigenvalue weighted by molar-refractivity contribution is -0.868. The predicted octanol–water partition coefficient (Wildman–Crippen LogP) is 31.4. The van der Waals surface area contributed by atoms with Crippen LogP contribution in [-0.4, -0.2) is 135 Å². The fourth-order valence-corrected chi connectivity index (χ4v) is 11.0. The number of unbranched alkanes of at least 4 members (excludes halogenated alkanes) is 1. The number of quaternary nitrogens is 1. The summed E-state index contributed by atoms with van der Waals surface area (Å²) in [7, 11) is 18.6. The maximum atomic E-state index is 5.65. The van der Waals surface area contributed by atoms with Gasteiger partial charge < -0.3 is 62.4 Å². The zero-order valence-corrected chi connectivity index (χ0v) is 91.4. The first-order chi connectivity index (χ1) is 68.6. The van der Waals surface area contributed by atoms with Crippen LogP contribution in [0.15, 0.2) is 382 Å². The van der Waals surface area contributed by atoms with Crippen molar-refractivity contribution in [3.8, 4) is 40.2 Å². The minimum absolute atomic E-state index is 0.629. The van der Waals surface area contributed by atoms with Crippen LogP contribution in [0, 0.1) is 48.5 Å². The highest BCUT2D eigenvalue weighted by Crippen LogP contribution is 2.25. The standard InChI is InChI=1S/7C14H14O.C7H17N.C6H13N.C5H14N.C4H11N.C3H9N.C3H8O.C3H8/c7*1-12-7-9-14(10-8-12)15-11-13-5-3-2-4-6-13;1-4-6-7-8(3)5-2;1-3-7(2)6-4-5-6;1-5-6(2,3)4;1-4-5(2)3;2*1-3-4-2;1-3-2/h7*2-10H,11H2,1H3;4-7H2,1-3H3;6H,3-5H2,1-2H3;5H2,1-4H3;4H2,1-3H3;4H,3H2,1-2H3;3H2,1-2H3;3H2,1-2H3/q;;;;;;;;;+1;;;;. The third-order valence-electron chi connectivity index (χ3n) is 21.2. The van der Waals surface area contributed by atoms with Crippen LogP contribution in [0.1, 0.15) is 172 Å². The lowest BCUT2D eigenvalue weighted by atomic mass is 10.2. The number of ether oxygens (including phenoxy) is 8. The first kappa shape index (κ1) is 126. The zero-order chi connectivity index (χ0) is 104. The van der Waals surface area contributed by atoms with Crippen molar-refractivity contribution in [2.75, 3.05) is 109 Å². The molecule has 0 saturated heterocycles. The molecule has 0 heterocycles. The van der Waals surface area contributed by atoms with Gasteiger partial charge in [0.05, 0.1) is 27.7 Å². The lowest BCUT2D eigenvalue weighted by Crippen LogP contribution is -2.33. The van der Waals surface area contributed by atoms with Crippen LogP contribution < -0.4 is 38.5 Å². The summed E-state index contributed by atoms with van der Waals surface area (Å²) in [6.07, 6.45) is 6.77. The number of nitrogens with one attached hydrogen (secondary N) is 1. The SMILES string of the molecule is CCC.CCCCN(C)CC.CCN(C)C.CCN(C)C1CC1.CCNC.CCOC.CC[N+](C)(C)C.Cc1ccc(OCc2ccccc2)cc1.Cc1ccc(OCc2ccccc2)cc1.Cc1ccc(OCc2ccccc2)cc1.Cc1ccc(OCc2ccccc2)cc1.Cc1ccc(OCc2ccccc2)cc1.Cc1ccc(OCc2ccccc2)cc1.Cc1ccc(OCc2ccccc2)cc1. The van der Waals surface area contributed by atoms with Crippen molar-refractivity contribution in [1.29, 1.82) is 0 Å².